The molecule has 2 bridgehead atoms. The first kappa shape index (κ1) is 17.8. The molecule has 3 rings (SSSR count). The number of hydrogen-bond acceptors (Lipinski definition) is 4. The van der Waals surface area contributed by atoms with E-state index in [1.165, 1.54) is 6.07 Å². The monoisotopic (exact) mass is 372 g/mol. The van der Waals surface area contributed by atoms with Crippen molar-refractivity contribution >= 4 is 15.7 Å². The maximum absolute atomic E-state index is 13.0. The van der Waals surface area contributed by atoms with Gasteiger partial charge in [-0.2, -0.15) is 18.4 Å². The molecule has 1 aromatic rings. The standard InChI is InChI=1S/C16H15F3N2O3S/c17-16(18,19)14-6-12(4-3-11(14)7-20)21-25(23,24)15-10-2-1-9(5-10)13(15)8-22/h1-4,6,9-10,13,15,21-22H,5,8H2/t9-,10+,13+,15-/m1/s1. The van der Waals surface area contributed by atoms with Crippen molar-refractivity contribution in [3.63, 3.8) is 0 Å². The van der Waals surface area contributed by atoms with Crippen LogP contribution in [0.1, 0.15) is 17.5 Å². The summed E-state index contributed by atoms with van der Waals surface area (Å²) in [5.41, 5.74) is -2.02. The van der Waals surface area contributed by atoms with Gasteiger partial charge in [-0.3, -0.25) is 4.72 Å². The number of sulfonamides is 1. The molecular formula is C16H15F3N2O3S. The molecule has 25 heavy (non-hydrogen) atoms. The Labute approximate surface area is 142 Å². The van der Waals surface area contributed by atoms with Gasteiger partial charge in [0.25, 0.3) is 0 Å². The maximum atomic E-state index is 13.0. The number of anilines is 1. The normalized spacial score (nSPS) is 28.1. The Kier molecular flexibility index (Phi) is 4.29. The predicted molar refractivity (Wildman–Crippen MR) is 83.8 cm³/mol. The molecule has 0 radical (unpaired) electrons. The van der Waals surface area contributed by atoms with E-state index < -0.39 is 38.5 Å². The third kappa shape index (κ3) is 3.12. The Hall–Kier alpha value is -2.05. The second-order valence-corrected chi connectivity index (χ2v) is 8.11. The minimum atomic E-state index is -4.77. The van der Waals surface area contributed by atoms with Gasteiger partial charge >= 0.3 is 6.18 Å². The summed E-state index contributed by atoms with van der Waals surface area (Å²) in [7, 11) is -4.00. The molecule has 1 aromatic carbocycles. The summed E-state index contributed by atoms with van der Waals surface area (Å²) in [6.07, 6.45) is -0.505. The molecule has 2 aliphatic rings. The molecule has 0 heterocycles. The number of nitrogens with one attached hydrogen (secondary N) is 1. The van der Waals surface area contributed by atoms with Crippen LogP contribution in [-0.2, 0) is 16.2 Å². The predicted octanol–water partition coefficient (Wildman–Crippen LogP) is 2.50. The Morgan fingerprint density at radius 1 is 1.28 bits per heavy atom. The van der Waals surface area contributed by atoms with Crippen LogP contribution in [0.5, 0.6) is 0 Å². The second-order valence-electron chi connectivity index (χ2n) is 6.28. The van der Waals surface area contributed by atoms with Crippen molar-refractivity contribution in [3.05, 3.63) is 41.5 Å². The van der Waals surface area contributed by atoms with Crippen molar-refractivity contribution in [2.24, 2.45) is 17.8 Å². The molecule has 1 fully saturated rings. The Morgan fingerprint density at radius 2 is 1.96 bits per heavy atom. The number of halogens is 3. The lowest BCUT2D eigenvalue weighted by molar-refractivity contribution is -0.137. The molecule has 0 aliphatic heterocycles. The summed E-state index contributed by atoms with van der Waals surface area (Å²) in [5.74, 6) is -0.781. The fraction of sp³-hybridized carbons (Fsp3) is 0.438. The average Bonchev–Trinajstić information content (AvgIpc) is 3.14. The van der Waals surface area contributed by atoms with Crippen LogP contribution >= 0.6 is 0 Å². The number of rotatable bonds is 4. The van der Waals surface area contributed by atoms with Gasteiger partial charge in [0.05, 0.1) is 22.4 Å². The van der Waals surface area contributed by atoms with Gasteiger partial charge in [-0.1, -0.05) is 12.2 Å². The summed E-state index contributed by atoms with van der Waals surface area (Å²) in [5, 5.41) is 17.4. The highest BCUT2D eigenvalue weighted by Crippen LogP contribution is 2.47. The highest BCUT2D eigenvalue weighted by molar-refractivity contribution is 7.93. The Balaban J connectivity index is 1.92. The number of aliphatic hydroxyl groups is 1. The molecule has 0 amide bonds. The molecule has 4 atom stereocenters. The molecule has 5 nitrogen and oxygen atoms in total. The number of nitriles is 1. The van der Waals surface area contributed by atoms with Crippen molar-refractivity contribution in [3.8, 4) is 6.07 Å². The lowest BCUT2D eigenvalue weighted by Crippen LogP contribution is -2.39. The molecule has 9 heteroatoms. The minimum absolute atomic E-state index is 0.0386. The summed E-state index contributed by atoms with van der Waals surface area (Å²) < 4.78 is 66.6. The van der Waals surface area contributed by atoms with Crippen LogP contribution in [0.3, 0.4) is 0 Å². The van der Waals surface area contributed by atoms with Crippen molar-refractivity contribution in [1.82, 2.24) is 0 Å². The summed E-state index contributed by atoms with van der Waals surface area (Å²) >= 11 is 0. The van der Waals surface area contributed by atoms with Gasteiger partial charge in [-0.05, 0) is 36.5 Å². The van der Waals surface area contributed by atoms with Crippen LogP contribution in [0, 0.1) is 29.1 Å². The van der Waals surface area contributed by atoms with E-state index in [9.17, 15) is 26.7 Å². The van der Waals surface area contributed by atoms with Crippen LogP contribution in [0.4, 0.5) is 18.9 Å². The minimum Gasteiger partial charge on any atom is -0.396 e. The number of nitrogens with zero attached hydrogens (tertiary/aromatic N) is 1. The number of allylic oxidation sites excluding steroid dienone is 2. The van der Waals surface area contributed by atoms with Crippen molar-refractivity contribution in [1.29, 1.82) is 5.26 Å². The lowest BCUT2D eigenvalue weighted by atomic mass is 9.94. The van der Waals surface area contributed by atoms with Crippen LogP contribution in [0.25, 0.3) is 0 Å². The molecular weight excluding hydrogens is 357 g/mol. The van der Waals surface area contributed by atoms with E-state index in [-0.39, 0.29) is 24.1 Å². The fourth-order valence-corrected chi connectivity index (χ4v) is 5.75. The Bertz CT molecular complexity index is 858. The van der Waals surface area contributed by atoms with Gasteiger partial charge in [0, 0.05) is 18.2 Å². The van der Waals surface area contributed by atoms with E-state index in [4.69, 9.17) is 5.26 Å². The summed E-state index contributed by atoms with van der Waals surface area (Å²) in [6.45, 7) is -0.307. The number of fused-ring (bicyclic) bond motifs is 2. The number of benzene rings is 1. The van der Waals surface area contributed by atoms with Crippen LogP contribution in [0.15, 0.2) is 30.4 Å². The molecule has 0 aromatic heterocycles. The van der Waals surface area contributed by atoms with E-state index in [2.05, 4.69) is 4.72 Å². The number of hydrogen-bond donors (Lipinski definition) is 2. The third-order valence-corrected chi connectivity index (χ3v) is 6.75. The SMILES string of the molecule is N#Cc1ccc(NS(=O)(=O)[C@H]2[C@@H](CO)[C@@H]3C=C[C@H]2C3)cc1C(F)(F)F. The summed E-state index contributed by atoms with van der Waals surface area (Å²) in [4.78, 5) is 0. The van der Waals surface area contributed by atoms with Crippen molar-refractivity contribution in [2.45, 2.75) is 17.8 Å². The zero-order chi connectivity index (χ0) is 18.4. The second kappa shape index (κ2) is 6.04. The molecule has 2 aliphatic carbocycles. The zero-order valence-electron chi connectivity index (χ0n) is 12.9. The highest BCUT2D eigenvalue weighted by atomic mass is 32.2. The van der Waals surface area contributed by atoms with E-state index >= 15 is 0 Å². The molecule has 134 valence electrons. The third-order valence-electron chi connectivity index (χ3n) is 4.82. The van der Waals surface area contributed by atoms with Crippen LogP contribution in [0.2, 0.25) is 0 Å². The lowest BCUT2D eigenvalue weighted by Gasteiger charge is -2.26. The first-order valence-corrected chi connectivity index (χ1v) is 9.14. The largest absolute Gasteiger partial charge is 0.417 e. The molecule has 0 unspecified atom stereocenters. The van der Waals surface area contributed by atoms with Gasteiger partial charge in [-0.15, -0.1) is 0 Å². The van der Waals surface area contributed by atoms with Crippen LogP contribution in [-0.4, -0.2) is 25.4 Å². The topological polar surface area (TPSA) is 90.2 Å². The fourth-order valence-electron chi connectivity index (χ4n) is 3.75. The molecule has 0 saturated heterocycles. The summed E-state index contributed by atoms with van der Waals surface area (Å²) in [6, 6.07) is 4.13. The van der Waals surface area contributed by atoms with Gasteiger partial charge in [-0.25, -0.2) is 8.42 Å². The van der Waals surface area contributed by atoms with E-state index in [0.717, 1.165) is 12.1 Å². The van der Waals surface area contributed by atoms with Gasteiger partial charge < -0.3 is 5.11 Å². The Morgan fingerprint density at radius 3 is 2.56 bits per heavy atom. The average molecular weight is 372 g/mol. The highest BCUT2D eigenvalue weighted by Gasteiger charge is 2.50. The first-order chi connectivity index (χ1) is 11.7. The van der Waals surface area contributed by atoms with Gasteiger partial charge in [0.15, 0.2) is 0 Å². The maximum Gasteiger partial charge on any atom is 0.417 e. The van der Waals surface area contributed by atoms with Gasteiger partial charge in [0.2, 0.25) is 10.0 Å². The van der Waals surface area contributed by atoms with Crippen molar-refractivity contribution in [2.75, 3.05) is 11.3 Å². The number of alkyl halides is 3. The molecule has 0 spiro atoms. The molecule has 1 saturated carbocycles. The molecule has 2 N–H and O–H groups in total. The van der Waals surface area contributed by atoms with Gasteiger partial charge in [0.1, 0.15) is 0 Å². The van der Waals surface area contributed by atoms with E-state index in [1.54, 1.807) is 6.08 Å². The van der Waals surface area contributed by atoms with E-state index in [0.29, 0.717) is 12.5 Å². The first-order valence-electron chi connectivity index (χ1n) is 7.59. The zero-order valence-corrected chi connectivity index (χ0v) is 13.7. The van der Waals surface area contributed by atoms with Crippen molar-refractivity contribution < 1.29 is 26.7 Å². The van der Waals surface area contributed by atoms with Crippen LogP contribution < -0.4 is 4.72 Å². The smallest absolute Gasteiger partial charge is 0.396 e. The number of aliphatic hydroxyl groups excluding tert-OH is 1. The van der Waals surface area contributed by atoms with E-state index in [1.807, 2.05) is 6.08 Å². The quantitative estimate of drug-likeness (QED) is 0.795.